The molecule has 0 aliphatic heterocycles. The monoisotopic (exact) mass is 373 g/mol. The number of carbonyl (C=O) groups excluding carboxylic acids is 2. The van der Waals surface area contributed by atoms with Crippen molar-refractivity contribution in [3.05, 3.63) is 17.5 Å². The standard InChI is InChI=1S/C21H31N3O3/c25-20(22-13-15-10-11-15)19-12-18(27-23-19)14-24(17-8-4-5-9-17)21(26)16-6-2-1-3-7-16/h12,15-17H,1-11,13-14H2,(H,22,25). The molecule has 0 atom stereocenters. The summed E-state index contributed by atoms with van der Waals surface area (Å²) in [4.78, 5) is 27.4. The molecule has 148 valence electrons. The molecule has 0 aromatic carbocycles. The number of carbonyl (C=O) groups is 2. The van der Waals surface area contributed by atoms with Gasteiger partial charge in [-0.2, -0.15) is 0 Å². The van der Waals surface area contributed by atoms with E-state index in [1.165, 1.54) is 32.1 Å². The molecule has 0 spiro atoms. The van der Waals surface area contributed by atoms with E-state index in [-0.39, 0.29) is 17.7 Å². The lowest BCUT2D eigenvalue weighted by Gasteiger charge is -2.33. The van der Waals surface area contributed by atoms with E-state index in [0.717, 1.165) is 45.1 Å². The SMILES string of the molecule is O=C(NCC1CC1)c1cc(CN(C(=O)C2CCCCC2)C2CCCC2)on1. The molecule has 0 radical (unpaired) electrons. The van der Waals surface area contributed by atoms with Gasteiger partial charge in [-0.25, -0.2) is 0 Å². The normalized spacial score (nSPS) is 21.3. The first-order valence-corrected chi connectivity index (χ1v) is 10.7. The quantitative estimate of drug-likeness (QED) is 0.791. The highest BCUT2D eigenvalue weighted by molar-refractivity contribution is 5.92. The number of nitrogens with one attached hydrogen (secondary N) is 1. The Bertz CT molecular complexity index is 655. The van der Waals surface area contributed by atoms with E-state index in [2.05, 4.69) is 10.5 Å². The molecule has 6 nitrogen and oxygen atoms in total. The first-order chi connectivity index (χ1) is 13.2. The maximum Gasteiger partial charge on any atom is 0.273 e. The summed E-state index contributed by atoms with van der Waals surface area (Å²) in [6.07, 6.45) is 12.5. The minimum Gasteiger partial charge on any atom is -0.359 e. The summed E-state index contributed by atoms with van der Waals surface area (Å²) in [5, 5.41) is 6.86. The van der Waals surface area contributed by atoms with Crippen molar-refractivity contribution in [3.8, 4) is 0 Å². The van der Waals surface area contributed by atoms with Gasteiger partial charge >= 0.3 is 0 Å². The molecule has 1 heterocycles. The van der Waals surface area contributed by atoms with Crippen molar-refractivity contribution < 1.29 is 14.1 Å². The molecular formula is C21H31N3O3. The lowest BCUT2D eigenvalue weighted by Crippen LogP contribution is -2.42. The van der Waals surface area contributed by atoms with Gasteiger partial charge in [-0.05, 0) is 44.4 Å². The Balaban J connectivity index is 1.41. The van der Waals surface area contributed by atoms with Crippen LogP contribution in [0.25, 0.3) is 0 Å². The van der Waals surface area contributed by atoms with Crippen LogP contribution in [0, 0.1) is 11.8 Å². The second kappa shape index (κ2) is 8.44. The molecule has 3 saturated carbocycles. The highest BCUT2D eigenvalue weighted by atomic mass is 16.5. The van der Waals surface area contributed by atoms with Gasteiger partial charge in [-0.1, -0.05) is 37.3 Å². The molecule has 3 aliphatic rings. The predicted octanol–water partition coefficient (Wildman–Crippen LogP) is 3.67. The molecule has 6 heteroatoms. The fourth-order valence-corrected chi connectivity index (χ4v) is 4.50. The average Bonchev–Trinajstić information content (AvgIpc) is 3.17. The summed E-state index contributed by atoms with van der Waals surface area (Å²) in [6, 6.07) is 2.01. The van der Waals surface area contributed by atoms with Crippen molar-refractivity contribution in [2.75, 3.05) is 6.54 Å². The summed E-state index contributed by atoms with van der Waals surface area (Å²) in [7, 11) is 0. The molecule has 1 aromatic heterocycles. The molecule has 4 rings (SSSR count). The van der Waals surface area contributed by atoms with Gasteiger partial charge in [0.05, 0.1) is 6.54 Å². The third kappa shape index (κ3) is 4.71. The maximum atomic E-state index is 13.2. The minimum absolute atomic E-state index is 0.156. The molecule has 0 saturated heterocycles. The van der Waals surface area contributed by atoms with Crippen molar-refractivity contribution in [2.45, 2.75) is 83.2 Å². The van der Waals surface area contributed by atoms with E-state index in [1.807, 2.05) is 4.90 Å². The third-order valence-electron chi connectivity index (χ3n) is 6.37. The fraction of sp³-hybridized carbons (Fsp3) is 0.762. The number of rotatable bonds is 7. The van der Waals surface area contributed by atoms with Gasteiger partial charge < -0.3 is 14.7 Å². The highest BCUT2D eigenvalue weighted by Gasteiger charge is 2.33. The van der Waals surface area contributed by atoms with Gasteiger partial charge in [0, 0.05) is 24.6 Å². The molecule has 1 N–H and O–H groups in total. The van der Waals surface area contributed by atoms with Crippen molar-refractivity contribution in [3.63, 3.8) is 0 Å². The van der Waals surface area contributed by atoms with E-state index in [0.29, 0.717) is 30.0 Å². The first-order valence-electron chi connectivity index (χ1n) is 10.7. The number of hydrogen-bond donors (Lipinski definition) is 1. The Morgan fingerprint density at radius 3 is 2.44 bits per heavy atom. The van der Waals surface area contributed by atoms with E-state index in [9.17, 15) is 9.59 Å². The Morgan fingerprint density at radius 1 is 1.04 bits per heavy atom. The zero-order valence-corrected chi connectivity index (χ0v) is 16.1. The Hall–Kier alpha value is -1.85. The molecule has 1 aromatic rings. The molecule has 27 heavy (non-hydrogen) atoms. The van der Waals surface area contributed by atoms with Gasteiger partial charge in [0.15, 0.2) is 11.5 Å². The van der Waals surface area contributed by atoms with E-state index in [1.54, 1.807) is 6.07 Å². The van der Waals surface area contributed by atoms with Crippen LogP contribution in [0.3, 0.4) is 0 Å². The Labute approximate surface area is 161 Å². The van der Waals surface area contributed by atoms with E-state index in [4.69, 9.17) is 4.52 Å². The van der Waals surface area contributed by atoms with Gasteiger partial charge in [0.2, 0.25) is 5.91 Å². The van der Waals surface area contributed by atoms with E-state index < -0.39 is 0 Å². The van der Waals surface area contributed by atoms with Crippen molar-refractivity contribution in [2.24, 2.45) is 11.8 Å². The largest absolute Gasteiger partial charge is 0.359 e. The molecule has 2 amide bonds. The topological polar surface area (TPSA) is 75.4 Å². The number of amides is 2. The smallest absolute Gasteiger partial charge is 0.273 e. The summed E-state index contributed by atoms with van der Waals surface area (Å²) >= 11 is 0. The Morgan fingerprint density at radius 2 is 1.74 bits per heavy atom. The molecule has 3 aliphatic carbocycles. The second-order valence-corrected chi connectivity index (χ2v) is 8.57. The number of hydrogen-bond acceptors (Lipinski definition) is 4. The third-order valence-corrected chi connectivity index (χ3v) is 6.37. The van der Waals surface area contributed by atoms with Crippen LogP contribution in [0.4, 0.5) is 0 Å². The summed E-state index contributed by atoms with van der Waals surface area (Å²) in [5.74, 6) is 1.50. The second-order valence-electron chi connectivity index (χ2n) is 8.57. The summed E-state index contributed by atoms with van der Waals surface area (Å²) in [5.41, 5.74) is 0.321. The lowest BCUT2D eigenvalue weighted by molar-refractivity contribution is -0.140. The van der Waals surface area contributed by atoms with Crippen LogP contribution in [0.1, 0.15) is 86.9 Å². The summed E-state index contributed by atoms with van der Waals surface area (Å²) < 4.78 is 5.43. The molecule has 3 fully saturated rings. The van der Waals surface area contributed by atoms with Gasteiger partial charge in [-0.3, -0.25) is 9.59 Å². The molecule has 0 unspecified atom stereocenters. The Kier molecular flexibility index (Phi) is 5.79. The van der Waals surface area contributed by atoms with Crippen LogP contribution in [0.5, 0.6) is 0 Å². The van der Waals surface area contributed by atoms with Crippen LogP contribution in [0.15, 0.2) is 10.6 Å². The van der Waals surface area contributed by atoms with E-state index >= 15 is 0 Å². The van der Waals surface area contributed by atoms with Gasteiger partial charge in [0.1, 0.15) is 0 Å². The van der Waals surface area contributed by atoms with Crippen molar-refractivity contribution in [1.82, 2.24) is 15.4 Å². The van der Waals surface area contributed by atoms with Crippen molar-refractivity contribution >= 4 is 11.8 Å². The molecule has 0 bridgehead atoms. The van der Waals surface area contributed by atoms with Crippen LogP contribution in [-0.4, -0.2) is 34.5 Å². The maximum absolute atomic E-state index is 13.2. The van der Waals surface area contributed by atoms with Crippen LogP contribution >= 0.6 is 0 Å². The zero-order valence-electron chi connectivity index (χ0n) is 16.1. The predicted molar refractivity (Wildman–Crippen MR) is 101 cm³/mol. The average molecular weight is 373 g/mol. The lowest BCUT2D eigenvalue weighted by atomic mass is 9.88. The minimum atomic E-state index is -0.178. The van der Waals surface area contributed by atoms with Gasteiger partial charge in [-0.15, -0.1) is 0 Å². The van der Waals surface area contributed by atoms with Crippen molar-refractivity contribution in [1.29, 1.82) is 0 Å². The zero-order chi connectivity index (χ0) is 18.6. The van der Waals surface area contributed by atoms with Crippen LogP contribution in [0.2, 0.25) is 0 Å². The summed E-state index contributed by atoms with van der Waals surface area (Å²) in [6.45, 7) is 1.15. The molecular weight excluding hydrogens is 342 g/mol. The van der Waals surface area contributed by atoms with Crippen LogP contribution < -0.4 is 5.32 Å². The number of nitrogens with zero attached hydrogens (tertiary/aromatic N) is 2. The van der Waals surface area contributed by atoms with Gasteiger partial charge in [0.25, 0.3) is 5.91 Å². The highest BCUT2D eigenvalue weighted by Crippen LogP contribution is 2.31. The first kappa shape index (κ1) is 18.5. The van der Waals surface area contributed by atoms with Crippen LogP contribution in [-0.2, 0) is 11.3 Å². The number of aromatic nitrogens is 1. The fourth-order valence-electron chi connectivity index (χ4n) is 4.50.